The molecule has 1 aliphatic rings. The topological polar surface area (TPSA) is 52.3 Å². The molecule has 70 valence electrons. The quantitative estimate of drug-likeness (QED) is 0.644. The van der Waals surface area contributed by atoms with Gasteiger partial charge in [0.2, 0.25) is 0 Å². The van der Waals surface area contributed by atoms with Crippen LogP contribution in [0.5, 0.6) is 0 Å². The van der Waals surface area contributed by atoms with Gasteiger partial charge in [0, 0.05) is 6.04 Å². The zero-order valence-corrected chi connectivity index (χ0v) is 7.58. The molecule has 1 fully saturated rings. The summed E-state index contributed by atoms with van der Waals surface area (Å²) in [7, 11) is 1.40. The summed E-state index contributed by atoms with van der Waals surface area (Å²) in [5.74, 6) is 0.575. The molecule has 3 heteroatoms. The molecule has 0 radical (unpaired) electrons. The average molecular weight is 171 g/mol. The highest BCUT2D eigenvalue weighted by molar-refractivity contribution is 5.69. The van der Waals surface area contributed by atoms with Crippen molar-refractivity contribution in [2.24, 2.45) is 11.7 Å². The fourth-order valence-electron chi connectivity index (χ4n) is 1.54. The van der Waals surface area contributed by atoms with Crippen LogP contribution in [-0.4, -0.2) is 19.1 Å². The molecule has 0 aromatic carbocycles. The molecule has 0 bridgehead atoms. The zero-order valence-electron chi connectivity index (χ0n) is 7.58. The van der Waals surface area contributed by atoms with Crippen molar-refractivity contribution >= 4 is 5.97 Å². The van der Waals surface area contributed by atoms with E-state index in [1.54, 1.807) is 0 Å². The maximum atomic E-state index is 10.8. The first-order valence-electron chi connectivity index (χ1n) is 4.54. The van der Waals surface area contributed by atoms with Gasteiger partial charge in [0.05, 0.1) is 13.5 Å². The fourth-order valence-corrected chi connectivity index (χ4v) is 1.54. The van der Waals surface area contributed by atoms with Crippen LogP contribution in [0.25, 0.3) is 0 Å². The van der Waals surface area contributed by atoms with Crippen molar-refractivity contribution in [2.75, 3.05) is 7.11 Å². The van der Waals surface area contributed by atoms with E-state index in [4.69, 9.17) is 5.73 Å². The minimum absolute atomic E-state index is 0.00255. The van der Waals surface area contributed by atoms with Crippen molar-refractivity contribution in [1.82, 2.24) is 0 Å². The first-order valence-corrected chi connectivity index (χ1v) is 4.54. The van der Waals surface area contributed by atoms with E-state index in [9.17, 15) is 4.79 Å². The summed E-state index contributed by atoms with van der Waals surface area (Å²) in [6, 6.07) is 0.00255. The van der Waals surface area contributed by atoms with E-state index in [0.29, 0.717) is 6.42 Å². The molecule has 2 N–H and O–H groups in total. The second kappa shape index (κ2) is 4.45. The Bertz CT molecular complexity index is 155. The molecule has 0 aromatic rings. The smallest absolute Gasteiger partial charge is 0.307 e. The highest BCUT2D eigenvalue weighted by atomic mass is 16.5. The molecule has 1 rings (SSSR count). The Morgan fingerprint density at radius 3 is 2.75 bits per heavy atom. The zero-order chi connectivity index (χ0) is 8.97. The van der Waals surface area contributed by atoms with Gasteiger partial charge in [0.15, 0.2) is 0 Å². The van der Waals surface area contributed by atoms with Gasteiger partial charge < -0.3 is 10.5 Å². The second-order valence-electron chi connectivity index (χ2n) is 3.57. The number of hydrogen-bond acceptors (Lipinski definition) is 3. The number of hydrogen-bond donors (Lipinski definition) is 1. The lowest BCUT2D eigenvalue weighted by molar-refractivity contribution is -0.141. The van der Waals surface area contributed by atoms with Crippen LogP contribution in [-0.2, 0) is 9.53 Å². The molecular formula is C9H17NO2. The van der Waals surface area contributed by atoms with Gasteiger partial charge in [-0.25, -0.2) is 0 Å². The lowest BCUT2D eigenvalue weighted by atomic mass is 9.80. The highest BCUT2D eigenvalue weighted by Crippen LogP contribution is 2.30. The van der Waals surface area contributed by atoms with Crippen molar-refractivity contribution in [2.45, 2.75) is 38.1 Å². The van der Waals surface area contributed by atoms with Crippen molar-refractivity contribution < 1.29 is 9.53 Å². The van der Waals surface area contributed by atoms with E-state index in [1.165, 1.54) is 26.4 Å². The van der Waals surface area contributed by atoms with Crippen LogP contribution < -0.4 is 5.73 Å². The summed E-state index contributed by atoms with van der Waals surface area (Å²) in [5.41, 5.74) is 5.76. The monoisotopic (exact) mass is 171 g/mol. The van der Waals surface area contributed by atoms with E-state index >= 15 is 0 Å². The largest absolute Gasteiger partial charge is 0.469 e. The first kappa shape index (κ1) is 9.52. The summed E-state index contributed by atoms with van der Waals surface area (Å²) in [4.78, 5) is 10.8. The minimum atomic E-state index is -0.193. The van der Waals surface area contributed by atoms with Crippen LogP contribution in [0.2, 0.25) is 0 Å². The molecule has 0 saturated heterocycles. The third-order valence-corrected chi connectivity index (χ3v) is 2.52. The molecule has 1 saturated carbocycles. The highest BCUT2D eigenvalue weighted by Gasteiger charge is 2.21. The Morgan fingerprint density at radius 2 is 2.33 bits per heavy atom. The van der Waals surface area contributed by atoms with E-state index < -0.39 is 0 Å². The lowest BCUT2D eigenvalue weighted by Crippen LogP contribution is -2.29. The SMILES string of the molecule is COC(=O)CC(N)CC1CCC1. The molecule has 1 atom stereocenters. The Balaban J connectivity index is 2.10. The number of carbonyl (C=O) groups excluding carboxylic acids is 1. The van der Waals surface area contributed by atoms with Crippen molar-refractivity contribution in [3.8, 4) is 0 Å². The van der Waals surface area contributed by atoms with Crippen molar-refractivity contribution in [3.63, 3.8) is 0 Å². The molecule has 0 amide bonds. The number of rotatable bonds is 4. The third-order valence-electron chi connectivity index (χ3n) is 2.52. The minimum Gasteiger partial charge on any atom is -0.469 e. The molecule has 3 nitrogen and oxygen atoms in total. The molecule has 1 aliphatic carbocycles. The molecule has 1 unspecified atom stereocenters. The van der Waals surface area contributed by atoms with Crippen LogP contribution in [0, 0.1) is 5.92 Å². The molecule has 12 heavy (non-hydrogen) atoms. The summed E-state index contributed by atoms with van der Waals surface area (Å²) < 4.78 is 4.54. The van der Waals surface area contributed by atoms with Gasteiger partial charge in [-0.2, -0.15) is 0 Å². The predicted molar refractivity (Wildman–Crippen MR) is 46.6 cm³/mol. The maximum absolute atomic E-state index is 10.8. The van der Waals surface area contributed by atoms with E-state index in [-0.39, 0.29) is 12.0 Å². The standard InChI is InChI=1S/C9H17NO2/c1-12-9(11)6-8(10)5-7-3-2-4-7/h7-8H,2-6,10H2,1H3. The van der Waals surface area contributed by atoms with Gasteiger partial charge in [-0.3, -0.25) is 4.79 Å². The number of methoxy groups -OCH3 is 1. The Labute approximate surface area is 73.3 Å². The molecule has 0 heterocycles. The summed E-state index contributed by atoms with van der Waals surface area (Å²) in [6.07, 6.45) is 5.25. The summed E-state index contributed by atoms with van der Waals surface area (Å²) >= 11 is 0. The fraction of sp³-hybridized carbons (Fsp3) is 0.889. The number of esters is 1. The van der Waals surface area contributed by atoms with Gasteiger partial charge in [0.1, 0.15) is 0 Å². The van der Waals surface area contributed by atoms with E-state index in [1.807, 2.05) is 0 Å². The second-order valence-corrected chi connectivity index (χ2v) is 3.57. The normalized spacial score (nSPS) is 19.8. The van der Waals surface area contributed by atoms with Crippen LogP contribution in [0.4, 0.5) is 0 Å². The third kappa shape index (κ3) is 2.81. The van der Waals surface area contributed by atoms with E-state index in [0.717, 1.165) is 12.3 Å². The van der Waals surface area contributed by atoms with Gasteiger partial charge in [0.25, 0.3) is 0 Å². The number of carbonyl (C=O) groups is 1. The molecular weight excluding hydrogens is 154 g/mol. The molecule has 0 spiro atoms. The van der Waals surface area contributed by atoms with Crippen molar-refractivity contribution in [3.05, 3.63) is 0 Å². The number of ether oxygens (including phenoxy) is 1. The maximum Gasteiger partial charge on any atom is 0.307 e. The summed E-state index contributed by atoms with van der Waals surface area (Å²) in [6.45, 7) is 0. The molecule has 0 aliphatic heterocycles. The van der Waals surface area contributed by atoms with Crippen LogP contribution >= 0.6 is 0 Å². The Kier molecular flexibility index (Phi) is 3.53. The van der Waals surface area contributed by atoms with Crippen LogP contribution in [0.1, 0.15) is 32.1 Å². The van der Waals surface area contributed by atoms with E-state index in [2.05, 4.69) is 4.74 Å². The lowest BCUT2D eigenvalue weighted by Gasteiger charge is -2.27. The van der Waals surface area contributed by atoms with Gasteiger partial charge in [-0.1, -0.05) is 19.3 Å². The predicted octanol–water partition coefficient (Wildman–Crippen LogP) is 1.07. The number of nitrogens with two attached hydrogens (primary N) is 1. The van der Waals surface area contributed by atoms with Crippen LogP contribution in [0.15, 0.2) is 0 Å². The van der Waals surface area contributed by atoms with Gasteiger partial charge in [-0.15, -0.1) is 0 Å². The first-order chi connectivity index (χ1) is 5.72. The Hall–Kier alpha value is -0.570. The summed E-state index contributed by atoms with van der Waals surface area (Å²) in [5, 5.41) is 0. The average Bonchev–Trinajstić information content (AvgIpc) is 1.97. The van der Waals surface area contributed by atoms with Crippen molar-refractivity contribution in [1.29, 1.82) is 0 Å². The van der Waals surface area contributed by atoms with Crippen LogP contribution in [0.3, 0.4) is 0 Å². The van der Waals surface area contributed by atoms with Gasteiger partial charge in [-0.05, 0) is 12.3 Å². The Morgan fingerprint density at radius 1 is 1.67 bits per heavy atom. The molecule has 0 aromatic heterocycles. The van der Waals surface area contributed by atoms with Gasteiger partial charge >= 0.3 is 5.97 Å².